The van der Waals surface area contributed by atoms with E-state index in [-0.39, 0.29) is 25.5 Å². The van der Waals surface area contributed by atoms with Crippen molar-refractivity contribution in [1.82, 2.24) is 20.4 Å². The van der Waals surface area contributed by atoms with Gasteiger partial charge in [-0.1, -0.05) is 109 Å². The number of fused-ring (bicyclic) bond motifs is 3. The number of hydrogen-bond acceptors (Lipinski definition) is 6. The van der Waals surface area contributed by atoms with Crippen LogP contribution in [0, 0.1) is 0 Å². The standard InChI is InChI=1S/C40H44N4O5/c1-43(25-29-12-4-2-5-13-29)27-36(41-39(48)49-28-35-33-18-10-8-16-31(33)32-17-9-11-19-34(32)35)38(47)42-40(24-37(45)46)20-22-44(23-21-40)26-30-14-6-3-7-15-30/h2-19,35-36H,20-28H2,1H3,(H,41,48)(H,42,47)(H,45,46). The van der Waals surface area contributed by atoms with Crippen LogP contribution in [0.1, 0.15) is 47.4 Å². The summed E-state index contributed by atoms with van der Waals surface area (Å²) >= 11 is 0. The molecule has 6 rings (SSSR count). The van der Waals surface area contributed by atoms with Gasteiger partial charge in [-0.25, -0.2) is 4.79 Å². The highest BCUT2D eigenvalue weighted by Gasteiger charge is 2.40. The number of piperidine rings is 1. The first kappa shape index (κ1) is 33.9. The molecule has 254 valence electrons. The molecule has 9 heteroatoms. The number of ether oxygens (including phenoxy) is 1. The van der Waals surface area contributed by atoms with Gasteiger partial charge in [0.1, 0.15) is 12.6 Å². The van der Waals surface area contributed by atoms with Crippen LogP contribution in [-0.4, -0.2) is 77.7 Å². The molecular weight excluding hydrogens is 616 g/mol. The molecule has 9 nitrogen and oxygen atoms in total. The van der Waals surface area contributed by atoms with Gasteiger partial charge in [0, 0.05) is 38.6 Å². The Morgan fingerprint density at radius 2 is 1.39 bits per heavy atom. The summed E-state index contributed by atoms with van der Waals surface area (Å²) in [4.78, 5) is 43.8. The van der Waals surface area contributed by atoms with Crippen molar-refractivity contribution in [2.24, 2.45) is 0 Å². The van der Waals surface area contributed by atoms with Crippen LogP contribution >= 0.6 is 0 Å². The summed E-state index contributed by atoms with van der Waals surface area (Å²) in [6, 6.07) is 35.3. The maximum Gasteiger partial charge on any atom is 0.407 e. The van der Waals surface area contributed by atoms with Crippen molar-refractivity contribution >= 4 is 18.0 Å². The minimum Gasteiger partial charge on any atom is -0.481 e. The quantitative estimate of drug-likeness (QED) is 0.170. The van der Waals surface area contributed by atoms with Gasteiger partial charge in [0.25, 0.3) is 0 Å². The number of amides is 2. The Balaban J connectivity index is 1.14. The van der Waals surface area contributed by atoms with Crippen molar-refractivity contribution in [3.63, 3.8) is 0 Å². The molecule has 0 radical (unpaired) electrons. The molecule has 2 amide bonds. The van der Waals surface area contributed by atoms with Crippen molar-refractivity contribution in [2.75, 3.05) is 33.3 Å². The summed E-state index contributed by atoms with van der Waals surface area (Å²) in [6.45, 7) is 2.92. The summed E-state index contributed by atoms with van der Waals surface area (Å²) in [5.41, 5.74) is 5.78. The third-order valence-electron chi connectivity index (χ3n) is 9.68. The lowest BCUT2D eigenvalue weighted by Gasteiger charge is -2.42. The summed E-state index contributed by atoms with van der Waals surface area (Å²) in [5, 5.41) is 15.8. The van der Waals surface area contributed by atoms with Crippen molar-refractivity contribution in [1.29, 1.82) is 0 Å². The maximum absolute atomic E-state index is 14.1. The van der Waals surface area contributed by atoms with Crippen LogP contribution in [-0.2, 0) is 27.4 Å². The first-order chi connectivity index (χ1) is 23.8. The van der Waals surface area contributed by atoms with Gasteiger partial charge in [-0.3, -0.25) is 19.4 Å². The molecule has 0 spiro atoms. The third-order valence-corrected chi connectivity index (χ3v) is 9.68. The van der Waals surface area contributed by atoms with Crippen molar-refractivity contribution < 1.29 is 24.2 Å². The molecule has 1 fully saturated rings. The van der Waals surface area contributed by atoms with Crippen LogP contribution in [0.3, 0.4) is 0 Å². The van der Waals surface area contributed by atoms with E-state index in [1.807, 2.05) is 84.7 Å². The predicted molar refractivity (Wildman–Crippen MR) is 189 cm³/mol. The first-order valence-corrected chi connectivity index (χ1v) is 16.9. The van der Waals surface area contributed by atoms with E-state index in [0.717, 1.165) is 34.4 Å². The molecule has 0 saturated carbocycles. The largest absolute Gasteiger partial charge is 0.481 e. The highest BCUT2D eigenvalue weighted by Crippen LogP contribution is 2.44. The lowest BCUT2D eigenvalue weighted by atomic mass is 9.83. The van der Waals surface area contributed by atoms with Crippen LogP contribution in [0.25, 0.3) is 11.1 Å². The fourth-order valence-corrected chi connectivity index (χ4v) is 7.21. The Labute approximate surface area is 287 Å². The minimum absolute atomic E-state index is 0.119. The number of carboxylic acids is 1. The maximum atomic E-state index is 14.1. The lowest BCUT2D eigenvalue weighted by Crippen LogP contribution is -2.61. The second-order valence-electron chi connectivity index (χ2n) is 13.3. The zero-order valence-electron chi connectivity index (χ0n) is 27.9. The minimum atomic E-state index is -0.975. The average molecular weight is 661 g/mol. The smallest absolute Gasteiger partial charge is 0.407 e. The number of benzene rings is 4. The molecule has 0 bridgehead atoms. The number of aliphatic carboxylic acids is 1. The predicted octanol–water partition coefficient (Wildman–Crippen LogP) is 5.65. The van der Waals surface area contributed by atoms with E-state index in [4.69, 9.17) is 4.74 Å². The van der Waals surface area contributed by atoms with Gasteiger partial charge in [-0.2, -0.15) is 0 Å². The molecule has 1 atom stereocenters. The molecule has 0 aromatic heterocycles. The average Bonchev–Trinajstić information content (AvgIpc) is 3.42. The number of alkyl carbamates (subject to hydrolysis) is 1. The van der Waals surface area contributed by atoms with E-state index in [2.05, 4.69) is 51.9 Å². The fourth-order valence-electron chi connectivity index (χ4n) is 7.21. The number of likely N-dealkylation sites (tertiary alicyclic amines) is 1. The third kappa shape index (κ3) is 8.54. The number of carboxylic acid groups (broad SMARTS) is 1. The van der Waals surface area contributed by atoms with Gasteiger partial charge in [0.05, 0.1) is 12.0 Å². The lowest BCUT2D eigenvalue weighted by molar-refractivity contribution is -0.140. The summed E-state index contributed by atoms with van der Waals surface area (Å²) in [7, 11) is 1.89. The van der Waals surface area contributed by atoms with Gasteiger partial charge in [-0.05, 0) is 53.3 Å². The number of nitrogens with one attached hydrogen (secondary N) is 2. The molecule has 4 aromatic carbocycles. The molecule has 3 N–H and O–H groups in total. The number of nitrogens with zero attached hydrogens (tertiary/aromatic N) is 2. The molecule has 1 heterocycles. The Morgan fingerprint density at radius 3 is 1.98 bits per heavy atom. The molecule has 49 heavy (non-hydrogen) atoms. The van der Waals surface area contributed by atoms with E-state index in [0.29, 0.717) is 32.5 Å². The molecule has 1 saturated heterocycles. The molecule has 1 unspecified atom stereocenters. The normalized spacial score (nSPS) is 16.0. The number of likely N-dealkylation sites (N-methyl/N-ethyl adjacent to an activating group) is 1. The van der Waals surface area contributed by atoms with Gasteiger partial charge in [0.2, 0.25) is 5.91 Å². The molecule has 4 aromatic rings. The van der Waals surface area contributed by atoms with Crippen molar-refractivity contribution in [3.05, 3.63) is 131 Å². The van der Waals surface area contributed by atoms with Crippen molar-refractivity contribution in [3.8, 4) is 11.1 Å². The van der Waals surface area contributed by atoms with Crippen molar-refractivity contribution in [2.45, 2.75) is 49.9 Å². The van der Waals surface area contributed by atoms with Gasteiger partial charge in [0.15, 0.2) is 0 Å². The number of carbonyl (C=O) groups excluding carboxylic acids is 2. The molecule has 1 aliphatic heterocycles. The summed E-state index contributed by atoms with van der Waals surface area (Å²) < 4.78 is 5.82. The number of hydrogen-bond donors (Lipinski definition) is 3. The van der Waals surface area contributed by atoms with Gasteiger partial charge in [-0.15, -0.1) is 0 Å². The van der Waals surface area contributed by atoms with Crippen LogP contribution in [0.5, 0.6) is 0 Å². The van der Waals surface area contributed by atoms with Crippen LogP contribution in [0.15, 0.2) is 109 Å². The fraction of sp³-hybridized carbons (Fsp3) is 0.325. The SMILES string of the molecule is CN(Cc1ccccc1)CC(NC(=O)OCC1c2ccccc2-c2ccccc21)C(=O)NC1(CC(=O)O)CCN(Cc2ccccc2)CC1. The van der Waals surface area contributed by atoms with E-state index in [1.165, 1.54) is 5.56 Å². The van der Waals surface area contributed by atoms with Gasteiger partial charge < -0.3 is 20.5 Å². The first-order valence-electron chi connectivity index (χ1n) is 16.9. The van der Waals surface area contributed by atoms with E-state index in [9.17, 15) is 19.5 Å². The monoisotopic (exact) mass is 660 g/mol. The van der Waals surface area contributed by atoms with Gasteiger partial charge >= 0.3 is 12.1 Å². The van der Waals surface area contributed by atoms with Crippen LogP contribution in [0.2, 0.25) is 0 Å². The highest BCUT2D eigenvalue weighted by molar-refractivity contribution is 5.87. The Hall–Kier alpha value is -4.99. The zero-order valence-corrected chi connectivity index (χ0v) is 27.9. The Bertz CT molecular complexity index is 1690. The topological polar surface area (TPSA) is 111 Å². The molecule has 2 aliphatic rings. The molecular formula is C40H44N4O5. The molecule has 1 aliphatic carbocycles. The summed E-state index contributed by atoms with van der Waals surface area (Å²) in [5.74, 6) is -1.52. The van der Waals surface area contributed by atoms with Crippen LogP contribution in [0.4, 0.5) is 4.79 Å². The van der Waals surface area contributed by atoms with Crippen LogP contribution < -0.4 is 10.6 Å². The Kier molecular flexibility index (Phi) is 10.7. The van der Waals surface area contributed by atoms with E-state index >= 15 is 0 Å². The highest BCUT2D eigenvalue weighted by atomic mass is 16.5. The Morgan fingerprint density at radius 1 is 0.837 bits per heavy atom. The number of rotatable bonds is 13. The summed E-state index contributed by atoms with van der Waals surface area (Å²) in [6.07, 6.45) is 0.0697. The zero-order chi connectivity index (χ0) is 34.2. The van der Waals surface area contributed by atoms with E-state index in [1.54, 1.807) is 0 Å². The van der Waals surface area contributed by atoms with E-state index < -0.39 is 29.6 Å². The number of carbonyl (C=O) groups is 3. The second-order valence-corrected chi connectivity index (χ2v) is 13.3. The second kappa shape index (κ2) is 15.5.